The third kappa shape index (κ3) is 3.42. The van der Waals surface area contributed by atoms with E-state index in [9.17, 15) is 10.0 Å². The van der Waals surface area contributed by atoms with Crippen LogP contribution in [0.3, 0.4) is 0 Å². The molecule has 0 aliphatic heterocycles. The molecule has 0 rings (SSSR count). The zero-order chi connectivity index (χ0) is 5.70. The Morgan fingerprint density at radius 3 is 2.57 bits per heavy atom. The van der Waals surface area contributed by atoms with Crippen LogP contribution in [0.2, 0.25) is 0 Å². The van der Waals surface area contributed by atoms with Crippen molar-refractivity contribution in [3.63, 3.8) is 0 Å². The lowest BCUT2D eigenvalue weighted by atomic mass is 10.3. The highest BCUT2D eigenvalue weighted by molar-refractivity contribution is 5.80. The maximum Gasteiger partial charge on any atom is 0.145 e. The van der Waals surface area contributed by atoms with Crippen LogP contribution in [-0.2, 0) is 4.79 Å². The van der Waals surface area contributed by atoms with Gasteiger partial charge in [-0.05, 0) is 0 Å². The third-order valence-corrected chi connectivity index (χ3v) is 0.664. The third-order valence-electron chi connectivity index (χ3n) is 0.664. The summed E-state index contributed by atoms with van der Waals surface area (Å²) in [6, 6.07) is 0. The number of carbonyl (C=O) groups excluding carboxylic acids is 1. The molecule has 0 amide bonds. The first-order chi connectivity index (χ1) is 3.31. The predicted molar refractivity (Wildman–Crippen MR) is 26.7 cm³/mol. The normalized spacial score (nSPS) is 8.86. The fourth-order valence-electron chi connectivity index (χ4n) is 0.205. The zero-order valence-corrected chi connectivity index (χ0v) is 4.23. The van der Waals surface area contributed by atoms with E-state index in [0.29, 0.717) is 6.42 Å². The van der Waals surface area contributed by atoms with Gasteiger partial charge >= 0.3 is 0 Å². The van der Waals surface area contributed by atoms with Gasteiger partial charge in [0.25, 0.3) is 0 Å². The average molecular weight is 102 g/mol. The van der Waals surface area contributed by atoms with Crippen LogP contribution in [0.25, 0.3) is 0 Å². The Kier molecular flexibility index (Phi) is 3.55. The van der Waals surface area contributed by atoms with E-state index in [1.165, 1.54) is 5.48 Å². The summed E-state index contributed by atoms with van der Waals surface area (Å²) < 4.78 is 0. The largest absolute Gasteiger partial charge is 0.787 e. The van der Waals surface area contributed by atoms with E-state index in [1.807, 2.05) is 0 Å². The Bertz CT molecular complexity index is 62.7. The van der Waals surface area contributed by atoms with Crippen LogP contribution in [0, 0.1) is 5.21 Å². The fraction of sp³-hybridized carbons (Fsp3) is 0.750. The van der Waals surface area contributed by atoms with E-state index >= 15 is 0 Å². The Balaban J connectivity index is 3.00. The van der Waals surface area contributed by atoms with Gasteiger partial charge in [0.1, 0.15) is 5.78 Å². The second-order valence-corrected chi connectivity index (χ2v) is 1.21. The van der Waals surface area contributed by atoms with Crippen LogP contribution < -0.4 is 5.48 Å². The van der Waals surface area contributed by atoms with Crippen molar-refractivity contribution in [3.05, 3.63) is 5.21 Å². The first-order valence-corrected chi connectivity index (χ1v) is 2.18. The second-order valence-electron chi connectivity index (χ2n) is 1.21. The maximum atomic E-state index is 10.1. The summed E-state index contributed by atoms with van der Waals surface area (Å²) in [5.41, 5.74) is 1.52. The lowest BCUT2D eigenvalue weighted by Gasteiger charge is -2.02. The highest BCUT2D eigenvalue weighted by Gasteiger charge is 1.88. The Labute approximate surface area is 42.3 Å². The molecule has 0 saturated carbocycles. The van der Waals surface area contributed by atoms with Crippen molar-refractivity contribution >= 4 is 5.78 Å². The molecular formula is C4H8NO2-. The molecule has 0 bridgehead atoms. The van der Waals surface area contributed by atoms with Gasteiger partial charge in [-0.1, -0.05) is 6.92 Å². The molecule has 0 unspecified atom stereocenters. The number of nitrogens with one attached hydrogen (secondary N) is 1. The van der Waals surface area contributed by atoms with Crippen molar-refractivity contribution < 1.29 is 4.79 Å². The molecule has 0 radical (unpaired) electrons. The quantitative estimate of drug-likeness (QED) is 0.512. The smallest absolute Gasteiger partial charge is 0.145 e. The van der Waals surface area contributed by atoms with Gasteiger partial charge < -0.3 is 10.7 Å². The van der Waals surface area contributed by atoms with Crippen molar-refractivity contribution in [3.8, 4) is 0 Å². The number of ketones is 1. The van der Waals surface area contributed by atoms with Gasteiger partial charge in [0.15, 0.2) is 0 Å². The monoisotopic (exact) mass is 102 g/mol. The number of Topliss-reactive ketones (excluding diaryl/α,β-unsaturated/α-hetero) is 1. The number of hydrogen-bond donors (Lipinski definition) is 1. The molecule has 3 nitrogen and oxygen atoms in total. The van der Waals surface area contributed by atoms with E-state index in [-0.39, 0.29) is 12.3 Å². The highest BCUT2D eigenvalue weighted by Crippen LogP contribution is 1.74. The molecule has 0 aliphatic rings. The summed E-state index contributed by atoms with van der Waals surface area (Å²) in [6.07, 6.45) is 0.440. The van der Waals surface area contributed by atoms with Crippen molar-refractivity contribution in [2.24, 2.45) is 0 Å². The molecule has 0 spiro atoms. The van der Waals surface area contributed by atoms with Crippen molar-refractivity contribution in [1.82, 2.24) is 5.48 Å². The standard InChI is InChI=1S/C4H8NO2/c1-2-4(6)3-5-7/h5H,2-3H2,1H3/q-1. The summed E-state index contributed by atoms with van der Waals surface area (Å²) in [5, 5.41) is 9.43. The molecule has 0 aromatic carbocycles. The van der Waals surface area contributed by atoms with Gasteiger partial charge in [-0.3, -0.25) is 4.79 Å². The molecule has 1 N–H and O–H groups in total. The summed E-state index contributed by atoms with van der Waals surface area (Å²) >= 11 is 0. The maximum absolute atomic E-state index is 10.1. The van der Waals surface area contributed by atoms with Crippen molar-refractivity contribution in [2.75, 3.05) is 6.54 Å². The molecule has 0 saturated heterocycles. The van der Waals surface area contributed by atoms with Gasteiger partial charge in [0.05, 0.1) is 0 Å². The van der Waals surface area contributed by atoms with E-state index in [2.05, 4.69) is 0 Å². The second kappa shape index (κ2) is 3.77. The minimum Gasteiger partial charge on any atom is -0.787 e. The average Bonchev–Trinajstić information content (AvgIpc) is 1.68. The molecule has 0 aliphatic carbocycles. The molecule has 0 aromatic rings. The van der Waals surface area contributed by atoms with E-state index < -0.39 is 0 Å². The minimum absolute atomic E-state index is 0.0451. The number of hydrogen-bond acceptors (Lipinski definition) is 3. The van der Waals surface area contributed by atoms with Gasteiger partial charge in [-0.2, -0.15) is 0 Å². The summed E-state index contributed by atoms with van der Waals surface area (Å²) in [5.74, 6) is -0.0463. The minimum atomic E-state index is -0.0463. The van der Waals surface area contributed by atoms with Gasteiger partial charge in [-0.25, -0.2) is 0 Å². The van der Waals surface area contributed by atoms with Crippen LogP contribution in [0.15, 0.2) is 0 Å². The number of hydroxylamine groups is 1. The van der Waals surface area contributed by atoms with Gasteiger partial charge in [-0.15, -0.1) is 0 Å². The SMILES string of the molecule is CCC(=O)CN[O-]. The fourth-order valence-corrected chi connectivity index (χ4v) is 0.205. The number of carbonyl (C=O) groups is 1. The van der Waals surface area contributed by atoms with Crippen LogP contribution in [-0.4, -0.2) is 12.3 Å². The first-order valence-electron chi connectivity index (χ1n) is 2.18. The van der Waals surface area contributed by atoms with Crippen molar-refractivity contribution in [2.45, 2.75) is 13.3 Å². The van der Waals surface area contributed by atoms with Gasteiger partial charge in [0.2, 0.25) is 0 Å². The van der Waals surface area contributed by atoms with E-state index in [0.717, 1.165) is 0 Å². The first kappa shape index (κ1) is 6.59. The molecule has 3 heteroatoms. The topological polar surface area (TPSA) is 52.2 Å². The van der Waals surface area contributed by atoms with Crippen LogP contribution in [0.1, 0.15) is 13.3 Å². The Morgan fingerprint density at radius 2 is 2.43 bits per heavy atom. The summed E-state index contributed by atoms with van der Waals surface area (Å²) in [6.45, 7) is 1.68. The molecule has 42 valence electrons. The molecule has 7 heavy (non-hydrogen) atoms. The highest BCUT2D eigenvalue weighted by atomic mass is 16.5. The molecule has 0 heterocycles. The number of rotatable bonds is 3. The van der Waals surface area contributed by atoms with Crippen LogP contribution >= 0.6 is 0 Å². The van der Waals surface area contributed by atoms with E-state index in [4.69, 9.17) is 0 Å². The molecule has 0 aromatic heterocycles. The predicted octanol–water partition coefficient (Wildman–Crippen LogP) is 0.0529. The van der Waals surface area contributed by atoms with Crippen LogP contribution in [0.4, 0.5) is 0 Å². The zero-order valence-electron chi connectivity index (χ0n) is 4.23. The summed E-state index contributed by atoms with van der Waals surface area (Å²) in [7, 11) is 0. The summed E-state index contributed by atoms with van der Waals surface area (Å²) in [4.78, 5) is 10.1. The Hall–Kier alpha value is -0.410. The molecule has 0 fully saturated rings. The van der Waals surface area contributed by atoms with Crippen LogP contribution in [0.5, 0.6) is 0 Å². The lowest BCUT2D eigenvalue weighted by molar-refractivity contribution is -0.117. The molecule has 0 atom stereocenters. The van der Waals surface area contributed by atoms with Gasteiger partial charge in [0, 0.05) is 13.0 Å². The lowest BCUT2D eigenvalue weighted by Crippen LogP contribution is -2.15. The Morgan fingerprint density at radius 1 is 1.86 bits per heavy atom. The van der Waals surface area contributed by atoms with Crippen molar-refractivity contribution in [1.29, 1.82) is 0 Å². The van der Waals surface area contributed by atoms with E-state index in [1.54, 1.807) is 6.92 Å². The molecular weight excluding hydrogens is 94.0 g/mol.